The fraction of sp³-hybridized carbons (Fsp3) is 0.636. The number of nitrogens with one attached hydrogen (secondary N) is 1. The molecule has 74 valence electrons. The molecule has 2 atom stereocenters. The topological polar surface area (TPSA) is 21.3 Å². The highest BCUT2D eigenvalue weighted by Crippen LogP contribution is 2.39. The monoisotopic (exact) mass is 181 g/mol. The summed E-state index contributed by atoms with van der Waals surface area (Å²) in [5.41, 5.74) is 1.41. The Labute approximate surface area is 80.7 Å². The van der Waals surface area contributed by atoms with E-state index in [4.69, 9.17) is 4.74 Å². The summed E-state index contributed by atoms with van der Waals surface area (Å²) in [4.78, 5) is 0. The van der Waals surface area contributed by atoms with Crippen LogP contribution < -0.4 is 5.32 Å². The van der Waals surface area contributed by atoms with Crippen LogP contribution in [0.4, 0.5) is 0 Å². The van der Waals surface area contributed by atoms with Gasteiger partial charge >= 0.3 is 0 Å². The van der Waals surface area contributed by atoms with Gasteiger partial charge in [0.25, 0.3) is 0 Å². The summed E-state index contributed by atoms with van der Waals surface area (Å²) >= 11 is 0. The predicted molar refractivity (Wildman–Crippen MR) is 55.2 cm³/mol. The first kappa shape index (κ1) is 10.3. The molecule has 1 rings (SSSR count). The second-order valence-corrected chi connectivity index (χ2v) is 3.81. The number of rotatable bonds is 4. The standard InChI is InChI=1S/C11H19NO/c1-5-11(3)8-9(12-6-2)7-10(11)13-4/h6,8,10,12H,2,5,7H2,1,3-4H3/t10-,11?/m1/s1. The average molecular weight is 181 g/mol. The summed E-state index contributed by atoms with van der Waals surface area (Å²) in [7, 11) is 1.78. The van der Waals surface area contributed by atoms with Gasteiger partial charge in [-0.3, -0.25) is 0 Å². The van der Waals surface area contributed by atoms with E-state index in [1.165, 1.54) is 5.70 Å². The highest BCUT2D eigenvalue weighted by atomic mass is 16.5. The lowest BCUT2D eigenvalue weighted by Crippen LogP contribution is -2.27. The van der Waals surface area contributed by atoms with Crippen LogP contribution in [0.15, 0.2) is 24.6 Å². The minimum absolute atomic E-state index is 0.181. The number of ether oxygens (including phenoxy) is 1. The number of hydrogen-bond donors (Lipinski definition) is 1. The SMILES string of the molecule is C=CNC1=CC(C)(CC)[C@H](OC)C1. The molecular formula is C11H19NO. The lowest BCUT2D eigenvalue weighted by atomic mass is 9.85. The van der Waals surface area contributed by atoms with Crippen LogP contribution in [0.25, 0.3) is 0 Å². The van der Waals surface area contributed by atoms with Gasteiger partial charge < -0.3 is 10.1 Å². The van der Waals surface area contributed by atoms with E-state index in [-0.39, 0.29) is 5.41 Å². The maximum Gasteiger partial charge on any atom is 0.0714 e. The zero-order chi connectivity index (χ0) is 9.90. The molecule has 2 heteroatoms. The minimum Gasteiger partial charge on any atom is -0.380 e. The summed E-state index contributed by atoms with van der Waals surface area (Å²) in [5.74, 6) is 0. The van der Waals surface area contributed by atoms with E-state index in [0.29, 0.717) is 6.10 Å². The smallest absolute Gasteiger partial charge is 0.0714 e. The van der Waals surface area contributed by atoms with Gasteiger partial charge in [-0.2, -0.15) is 0 Å². The van der Waals surface area contributed by atoms with Crippen molar-refractivity contribution in [3.63, 3.8) is 0 Å². The number of hydrogen-bond acceptors (Lipinski definition) is 2. The van der Waals surface area contributed by atoms with Gasteiger partial charge in [0.1, 0.15) is 0 Å². The molecular weight excluding hydrogens is 162 g/mol. The third-order valence-electron chi connectivity index (χ3n) is 2.98. The Hall–Kier alpha value is -0.760. The van der Waals surface area contributed by atoms with Crippen LogP contribution in [0, 0.1) is 5.41 Å². The molecule has 1 aliphatic carbocycles. The first-order valence-corrected chi connectivity index (χ1v) is 4.78. The van der Waals surface area contributed by atoms with E-state index >= 15 is 0 Å². The minimum atomic E-state index is 0.181. The van der Waals surface area contributed by atoms with Crippen molar-refractivity contribution in [1.82, 2.24) is 5.32 Å². The van der Waals surface area contributed by atoms with Crippen molar-refractivity contribution < 1.29 is 4.74 Å². The van der Waals surface area contributed by atoms with Crippen molar-refractivity contribution in [2.75, 3.05) is 7.11 Å². The Bertz CT molecular complexity index is 222. The van der Waals surface area contributed by atoms with Gasteiger partial charge in [0.05, 0.1) is 6.10 Å². The molecule has 13 heavy (non-hydrogen) atoms. The van der Waals surface area contributed by atoms with Gasteiger partial charge in [0.15, 0.2) is 0 Å². The molecule has 1 aliphatic rings. The van der Waals surface area contributed by atoms with E-state index in [1.54, 1.807) is 13.3 Å². The van der Waals surface area contributed by atoms with Crippen molar-refractivity contribution in [2.24, 2.45) is 5.41 Å². The molecule has 0 saturated heterocycles. The highest BCUT2D eigenvalue weighted by Gasteiger charge is 2.36. The van der Waals surface area contributed by atoms with Crippen LogP contribution in [0.3, 0.4) is 0 Å². The summed E-state index contributed by atoms with van der Waals surface area (Å²) in [5, 5.41) is 3.14. The quantitative estimate of drug-likeness (QED) is 0.719. The zero-order valence-corrected chi connectivity index (χ0v) is 8.76. The summed E-state index contributed by atoms with van der Waals surface area (Å²) in [6.45, 7) is 8.08. The largest absolute Gasteiger partial charge is 0.380 e. The van der Waals surface area contributed by atoms with Crippen LogP contribution >= 0.6 is 0 Å². The van der Waals surface area contributed by atoms with Crippen molar-refractivity contribution >= 4 is 0 Å². The normalized spacial score (nSPS) is 32.8. The summed E-state index contributed by atoms with van der Waals surface area (Å²) in [6.07, 6.45) is 6.36. The molecule has 0 aromatic heterocycles. The number of methoxy groups -OCH3 is 1. The lowest BCUT2D eigenvalue weighted by molar-refractivity contribution is 0.0318. The fourth-order valence-corrected chi connectivity index (χ4v) is 1.90. The van der Waals surface area contributed by atoms with Gasteiger partial charge in [0, 0.05) is 24.6 Å². The van der Waals surface area contributed by atoms with E-state index < -0.39 is 0 Å². The molecule has 0 fully saturated rings. The maximum absolute atomic E-state index is 5.47. The Kier molecular flexibility index (Phi) is 3.15. The Morgan fingerprint density at radius 3 is 2.92 bits per heavy atom. The van der Waals surface area contributed by atoms with Crippen molar-refractivity contribution in [2.45, 2.75) is 32.8 Å². The van der Waals surface area contributed by atoms with Crippen LogP contribution in [0.1, 0.15) is 26.7 Å². The van der Waals surface area contributed by atoms with Crippen LogP contribution in [-0.4, -0.2) is 13.2 Å². The van der Waals surface area contributed by atoms with E-state index in [0.717, 1.165) is 12.8 Å². The molecule has 2 nitrogen and oxygen atoms in total. The highest BCUT2D eigenvalue weighted by molar-refractivity contribution is 5.19. The van der Waals surface area contributed by atoms with Crippen LogP contribution in [-0.2, 0) is 4.74 Å². The Morgan fingerprint density at radius 2 is 2.54 bits per heavy atom. The van der Waals surface area contributed by atoms with Gasteiger partial charge in [-0.25, -0.2) is 0 Å². The molecule has 0 amide bonds. The zero-order valence-electron chi connectivity index (χ0n) is 8.76. The van der Waals surface area contributed by atoms with Crippen molar-refractivity contribution in [3.05, 3.63) is 24.6 Å². The molecule has 0 aromatic carbocycles. The Balaban J connectivity index is 2.74. The second kappa shape index (κ2) is 3.97. The van der Waals surface area contributed by atoms with Gasteiger partial charge in [0.2, 0.25) is 0 Å². The summed E-state index contributed by atoms with van der Waals surface area (Å²) < 4.78 is 5.47. The van der Waals surface area contributed by atoms with Gasteiger partial charge in [-0.1, -0.05) is 26.5 Å². The third-order valence-corrected chi connectivity index (χ3v) is 2.98. The molecule has 1 unspecified atom stereocenters. The van der Waals surface area contributed by atoms with Crippen LogP contribution in [0.5, 0.6) is 0 Å². The van der Waals surface area contributed by atoms with Crippen LogP contribution in [0.2, 0.25) is 0 Å². The van der Waals surface area contributed by atoms with E-state index in [1.807, 2.05) is 0 Å². The lowest BCUT2D eigenvalue weighted by Gasteiger charge is -2.27. The first-order valence-electron chi connectivity index (χ1n) is 4.78. The summed E-state index contributed by atoms with van der Waals surface area (Å²) in [6, 6.07) is 0. The first-order chi connectivity index (χ1) is 6.16. The van der Waals surface area contributed by atoms with Crippen molar-refractivity contribution in [1.29, 1.82) is 0 Å². The average Bonchev–Trinajstić information content (AvgIpc) is 2.44. The van der Waals surface area contributed by atoms with E-state index in [2.05, 4.69) is 31.8 Å². The molecule has 0 aromatic rings. The second-order valence-electron chi connectivity index (χ2n) is 3.81. The molecule has 0 bridgehead atoms. The van der Waals surface area contributed by atoms with Gasteiger partial charge in [-0.05, 0) is 12.6 Å². The maximum atomic E-state index is 5.47. The molecule has 0 spiro atoms. The van der Waals surface area contributed by atoms with Crippen molar-refractivity contribution in [3.8, 4) is 0 Å². The Morgan fingerprint density at radius 1 is 1.85 bits per heavy atom. The molecule has 1 N–H and O–H groups in total. The third kappa shape index (κ3) is 1.94. The predicted octanol–water partition coefficient (Wildman–Crippen LogP) is 2.44. The fourth-order valence-electron chi connectivity index (χ4n) is 1.90. The molecule has 0 aliphatic heterocycles. The molecule has 0 saturated carbocycles. The van der Waals surface area contributed by atoms with E-state index in [9.17, 15) is 0 Å². The van der Waals surface area contributed by atoms with Gasteiger partial charge in [-0.15, -0.1) is 0 Å². The molecule has 0 radical (unpaired) electrons. The molecule has 0 heterocycles.